The molecule has 0 aliphatic carbocycles. The monoisotopic (exact) mass is 377 g/mol. The number of hydrogen-bond donors (Lipinski definition) is 1. The average Bonchev–Trinajstić information content (AvgIpc) is 3.40. The fourth-order valence-electron chi connectivity index (χ4n) is 3.49. The normalized spacial score (nSPS) is 16.4. The number of nitrogens with zero attached hydrogens (tertiary/aromatic N) is 2. The van der Waals surface area contributed by atoms with Gasteiger partial charge in [-0.05, 0) is 36.6 Å². The van der Waals surface area contributed by atoms with Crippen molar-refractivity contribution < 1.29 is 4.79 Å². The van der Waals surface area contributed by atoms with Crippen LogP contribution in [0.3, 0.4) is 0 Å². The Morgan fingerprint density at radius 1 is 1.22 bits per heavy atom. The molecule has 3 aromatic rings. The van der Waals surface area contributed by atoms with Crippen LogP contribution in [0.5, 0.6) is 0 Å². The van der Waals surface area contributed by atoms with Crippen LogP contribution in [0.1, 0.15) is 34.0 Å². The van der Waals surface area contributed by atoms with E-state index in [1.165, 1.54) is 5.56 Å². The molecule has 4 nitrogen and oxygen atoms in total. The van der Waals surface area contributed by atoms with Crippen LogP contribution in [0.15, 0.2) is 60.0 Å². The summed E-state index contributed by atoms with van der Waals surface area (Å²) in [6.45, 7) is 2.56. The van der Waals surface area contributed by atoms with Crippen molar-refractivity contribution in [3.05, 3.63) is 76.8 Å². The van der Waals surface area contributed by atoms with Crippen molar-refractivity contribution in [3.63, 3.8) is 0 Å². The highest BCUT2D eigenvalue weighted by Gasteiger charge is 2.19. The van der Waals surface area contributed by atoms with E-state index in [2.05, 4.69) is 23.5 Å². The van der Waals surface area contributed by atoms with Crippen LogP contribution in [0.2, 0.25) is 0 Å². The van der Waals surface area contributed by atoms with E-state index in [1.54, 1.807) is 16.2 Å². The summed E-state index contributed by atoms with van der Waals surface area (Å²) in [5.41, 5.74) is 4.03. The first-order valence-electron chi connectivity index (χ1n) is 9.26. The van der Waals surface area contributed by atoms with Gasteiger partial charge in [0.2, 0.25) is 0 Å². The van der Waals surface area contributed by atoms with Gasteiger partial charge in [-0.2, -0.15) is 0 Å². The van der Waals surface area contributed by atoms with Crippen molar-refractivity contribution in [2.75, 3.05) is 20.1 Å². The molecular weight excluding hydrogens is 354 g/mol. The molecule has 2 heterocycles. The van der Waals surface area contributed by atoms with E-state index in [4.69, 9.17) is 4.98 Å². The molecule has 0 bridgehead atoms. The zero-order valence-electron chi connectivity index (χ0n) is 15.4. The molecule has 1 aromatic heterocycles. The summed E-state index contributed by atoms with van der Waals surface area (Å²) >= 11 is 1.62. The SMILES string of the molecule is CN(Cc1csc(-c2ccccc2)n1)C(=O)c1cccc([C@@H]2CCNC2)c1. The van der Waals surface area contributed by atoms with Crippen molar-refractivity contribution >= 4 is 17.2 Å². The summed E-state index contributed by atoms with van der Waals surface area (Å²) in [5.74, 6) is 0.548. The maximum atomic E-state index is 12.9. The largest absolute Gasteiger partial charge is 0.336 e. The maximum Gasteiger partial charge on any atom is 0.253 e. The van der Waals surface area contributed by atoms with Crippen molar-refractivity contribution in [3.8, 4) is 10.6 Å². The lowest BCUT2D eigenvalue weighted by Gasteiger charge is -2.17. The number of nitrogens with one attached hydrogen (secondary N) is 1. The van der Waals surface area contributed by atoms with Gasteiger partial charge >= 0.3 is 0 Å². The van der Waals surface area contributed by atoms with Crippen LogP contribution in [0.25, 0.3) is 10.6 Å². The van der Waals surface area contributed by atoms with E-state index < -0.39 is 0 Å². The van der Waals surface area contributed by atoms with Gasteiger partial charge in [0.15, 0.2) is 0 Å². The number of rotatable bonds is 5. The molecule has 2 aromatic carbocycles. The number of aromatic nitrogens is 1. The molecule has 1 amide bonds. The third kappa shape index (κ3) is 4.10. The molecule has 1 aliphatic heterocycles. The van der Waals surface area contributed by atoms with Crippen molar-refractivity contribution in [1.29, 1.82) is 0 Å². The second-order valence-electron chi connectivity index (χ2n) is 6.99. The smallest absolute Gasteiger partial charge is 0.253 e. The molecule has 1 fully saturated rings. The molecule has 0 spiro atoms. The van der Waals surface area contributed by atoms with Crippen molar-refractivity contribution in [2.24, 2.45) is 0 Å². The molecule has 0 radical (unpaired) electrons. The molecule has 0 unspecified atom stereocenters. The number of carbonyl (C=O) groups excluding carboxylic acids is 1. The van der Waals surface area contributed by atoms with Gasteiger partial charge in [0.05, 0.1) is 12.2 Å². The Hall–Kier alpha value is -2.50. The van der Waals surface area contributed by atoms with E-state index in [1.807, 2.05) is 48.8 Å². The van der Waals surface area contributed by atoms with Crippen molar-refractivity contribution in [2.45, 2.75) is 18.9 Å². The third-order valence-corrected chi connectivity index (χ3v) is 5.92. The van der Waals surface area contributed by atoms with Gasteiger partial charge in [0, 0.05) is 30.1 Å². The van der Waals surface area contributed by atoms with Crippen LogP contribution in [-0.4, -0.2) is 35.9 Å². The lowest BCUT2D eigenvalue weighted by Crippen LogP contribution is -2.26. The van der Waals surface area contributed by atoms with Crippen LogP contribution in [0.4, 0.5) is 0 Å². The average molecular weight is 378 g/mol. The predicted octanol–water partition coefficient (Wildman–Crippen LogP) is 4.16. The predicted molar refractivity (Wildman–Crippen MR) is 110 cm³/mol. The molecule has 27 heavy (non-hydrogen) atoms. The Morgan fingerprint density at radius 2 is 2.07 bits per heavy atom. The Morgan fingerprint density at radius 3 is 2.85 bits per heavy atom. The van der Waals surface area contributed by atoms with E-state index >= 15 is 0 Å². The molecule has 1 saturated heterocycles. The van der Waals surface area contributed by atoms with Crippen LogP contribution in [-0.2, 0) is 6.54 Å². The molecule has 4 rings (SSSR count). The zero-order valence-corrected chi connectivity index (χ0v) is 16.2. The highest BCUT2D eigenvalue weighted by molar-refractivity contribution is 7.13. The quantitative estimate of drug-likeness (QED) is 0.726. The number of thiazole rings is 1. The van der Waals surface area contributed by atoms with Crippen molar-refractivity contribution in [1.82, 2.24) is 15.2 Å². The van der Waals surface area contributed by atoms with Gasteiger partial charge in [0.25, 0.3) is 5.91 Å². The van der Waals surface area contributed by atoms with E-state index in [0.717, 1.165) is 41.3 Å². The molecule has 1 atom stereocenters. The number of hydrogen-bond acceptors (Lipinski definition) is 4. The highest BCUT2D eigenvalue weighted by Crippen LogP contribution is 2.25. The Balaban J connectivity index is 1.45. The molecule has 1 aliphatic rings. The lowest BCUT2D eigenvalue weighted by atomic mass is 9.96. The van der Waals surface area contributed by atoms with Crippen LogP contribution >= 0.6 is 11.3 Å². The van der Waals surface area contributed by atoms with Gasteiger partial charge in [-0.15, -0.1) is 11.3 Å². The summed E-state index contributed by atoms with van der Waals surface area (Å²) in [5, 5.41) is 6.41. The zero-order chi connectivity index (χ0) is 18.6. The number of carbonyl (C=O) groups is 1. The van der Waals surface area contributed by atoms with Crippen LogP contribution < -0.4 is 5.32 Å². The van der Waals surface area contributed by atoms with Gasteiger partial charge < -0.3 is 10.2 Å². The van der Waals surface area contributed by atoms with Gasteiger partial charge in [0.1, 0.15) is 5.01 Å². The topological polar surface area (TPSA) is 45.2 Å². The Bertz CT molecular complexity index is 916. The minimum Gasteiger partial charge on any atom is -0.336 e. The molecule has 1 N–H and O–H groups in total. The van der Waals surface area contributed by atoms with Gasteiger partial charge in [-0.25, -0.2) is 4.98 Å². The summed E-state index contributed by atoms with van der Waals surface area (Å²) in [4.78, 5) is 19.3. The summed E-state index contributed by atoms with van der Waals surface area (Å²) < 4.78 is 0. The van der Waals surface area contributed by atoms with Gasteiger partial charge in [-0.3, -0.25) is 4.79 Å². The fourth-order valence-corrected chi connectivity index (χ4v) is 4.31. The van der Waals surface area contributed by atoms with E-state index in [0.29, 0.717) is 12.5 Å². The second kappa shape index (κ2) is 8.03. The minimum absolute atomic E-state index is 0.0390. The molecule has 138 valence electrons. The summed E-state index contributed by atoms with van der Waals surface area (Å²) in [6, 6.07) is 18.2. The number of benzene rings is 2. The fraction of sp³-hybridized carbons (Fsp3) is 0.273. The van der Waals surface area contributed by atoms with E-state index in [-0.39, 0.29) is 5.91 Å². The summed E-state index contributed by atoms with van der Waals surface area (Å²) in [7, 11) is 1.84. The number of amides is 1. The van der Waals surface area contributed by atoms with E-state index in [9.17, 15) is 4.79 Å². The highest BCUT2D eigenvalue weighted by atomic mass is 32.1. The first-order valence-corrected chi connectivity index (χ1v) is 10.1. The third-order valence-electron chi connectivity index (χ3n) is 4.98. The summed E-state index contributed by atoms with van der Waals surface area (Å²) in [6.07, 6.45) is 1.13. The minimum atomic E-state index is 0.0390. The molecule has 0 saturated carbocycles. The standard InChI is InChI=1S/C22H23N3OS/c1-25(14-20-15-27-21(24-20)16-6-3-2-4-7-16)22(26)18-9-5-8-17(12-18)19-10-11-23-13-19/h2-9,12,15,19,23H,10-11,13-14H2,1H3/t19-/m1/s1. The first kappa shape index (κ1) is 17.9. The lowest BCUT2D eigenvalue weighted by molar-refractivity contribution is 0.0783. The Labute approximate surface area is 163 Å². The molecular formula is C22H23N3OS. The van der Waals surface area contributed by atoms with Crippen LogP contribution in [0, 0.1) is 0 Å². The Kier molecular flexibility index (Phi) is 5.32. The maximum absolute atomic E-state index is 12.9. The first-order chi connectivity index (χ1) is 13.2. The van der Waals surface area contributed by atoms with Gasteiger partial charge in [-0.1, -0.05) is 42.5 Å². The second-order valence-corrected chi connectivity index (χ2v) is 7.84. The molecule has 5 heteroatoms.